The normalized spacial score (nSPS) is 10.9. The molecule has 0 aliphatic rings. The van der Waals surface area contributed by atoms with Crippen LogP contribution in [-0.2, 0) is 4.79 Å². The van der Waals surface area contributed by atoms with Crippen molar-refractivity contribution in [3.8, 4) is 0 Å². The van der Waals surface area contributed by atoms with Crippen molar-refractivity contribution in [1.82, 2.24) is 15.3 Å². The van der Waals surface area contributed by atoms with E-state index in [-0.39, 0.29) is 17.0 Å². The number of aromatic nitrogens is 2. The maximum absolute atomic E-state index is 12.0. The smallest absolute Gasteiger partial charge is 0.263 e. The van der Waals surface area contributed by atoms with Crippen molar-refractivity contribution in [2.45, 2.75) is 84.9 Å². The number of hydrogen-bond donors (Lipinski definition) is 1. The van der Waals surface area contributed by atoms with E-state index in [2.05, 4.69) is 98.6 Å². The lowest BCUT2D eigenvalue weighted by atomic mass is 10.1. The average Bonchev–Trinajstić information content (AvgIpc) is 3.50. The van der Waals surface area contributed by atoms with Crippen molar-refractivity contribution in [1.29, 1.82) is 0 Å². The minimum absolute atomic E-state index is 0.0641. The van der Waals surface area contributed by atoms with Gasteiger partial charge in [0.05, 0.1) is 21.7 Å². The molecule has 0 fully saturated rings. The lowest BCUT2D eigenvalue weighted by Gasteiger charge is -2.19. The predicted molar refractivity (Wildman–Crippen MR) is 178 cm³/mol. The van der Waals surface area contributed by atoms with E-state index in [1.54, 1.807) is 41.1 Å². The summed E-state index contributed by atoms with van der Waals surface area (Å²) in [6.07, 6.45) is 4.96. The summed E-state index contributed by atoms with van der Waals surface area (Å²) in [5.41, 5.74) is 2.04. The predicted octanol–water partition coefficient (Wildman–Crippen LogP) is 9.62. The number of isocyanates is 1. The van der Waals surface area contributed by atoms with Crippen molar-refractivity contribution in [3.63, 3.8) is 0 Å². The van der Waals surface area contributed by atoms with Gasteiger partial charge in [-0.2, -0.15) is 0 Å². The quantitative estimate of drug-likeness (QED) is 0.166. The zero-order chi connectivity index (χ0) is 30.6. The van der Waals surface area contributed by atoms with Crippen molar-refractivity contribution >= 4 is 74.1 Å². The lowest BCUT2D eigenvalue weighted by molar-refractivity contribution is 0.0923. The molecule has 0 spiro atoms. The molecular formula is C30H35BrN4O2S4. The van der Waals surface area contributed by atoms with Gasteiger partial charge in [0.15, 0.2) is 8.68 Å². The number of aryl methyl sites for hydroxylation is 2. The summed E-state index contributed by atoms with van der Waals surface area (Å²) in [6.45, 7) is 15.6. The molecule has 0 bridgehead atoms. The first kappa shape index (κ1) is 34.9. The SMILES string of the molecule is CC(C)(C)N=C=O.Cc1ccc(Sc2ncc(Br)s2)cc1.Cc1ccc(Sc2ncc(C(=O)NC(C)(C)C)s2)cc1. The Morgan fingerprint density at radius 2 is 1.29 bits per heavy atom. The highest BCUT2D eigenvalue weighted by atomic mass is 79.9. The molecule has 41 heavy (non-hydrogen) atoms. The lowest BCUT2D eigenvalue weighted by Crippen LogP contribution is -2.40. The number of rotatable bonds is 5. The van der Waals surface area contributed by atoms with Gasteiger partial charge in [0.1, 0.15) is 4.88 Å². The molecule has 4 rings (SSSR count). The summed E-state index contributed by atoms with van der Waals surface area (Å²) in [5, 5.41) is 2.94. The van der Waals surface area contributed by atoms with E-state index >= 15 is 0 Å². The Morgan fingerprint density at radius 1 is 0.829 bits per heavy atom. The first-order valence-corrected chi connectivity index (χ1v) is 16.7. The first-order valence-electron chi connectivity index (χ1n) is 12.6. The molecule has 2 aromatic heterocycles. The van der Waals surface area contributed by atoms with Gasteiger partial charge in [0, 0.05) is 15.3 Å². The van der Waals surface area contributed by atoms with E-state index in [0.717, 1.165) is 17.4 Å². The van der Waals surface area contributed by atoms with Gasteiger partial charge >= 0.3 is 0 Å². The summed E-state index contributed by atoms with van der Waals surface area (Å²) >= 11 is 9.75. The molecule has 0 aliphatic carbocycles. The minimum Gasteiger partial charge on any atom is -0.347 e. The molecule has 6 nitrogen and oxygen atoms in total. The molecule has 218 valence electrons. The van der Waals surface area contributed by atoms with Crippen LogP contribution in [0.25, 0.3) is 0 Å². The average molecular weight is 692 g/mol. The number of benzene rings is 2. The molecule has 0 unspecified atom stereocenters. The number of hydrogen-bond acceptors (Lipinski definition) is 9. The van der Waals surface area contributed by atoms with Crippen LogP contribution in [0, 0.1) is 13.8 Å². The number of nitrogens with one attached hydrogen (secondary N) is 1. The molecule has 11 heteroatoms. The van der Waals surface area contributed by atoms with Gasteiger partial charge < -0.3 is 5.32 Å². The summed E-state index contributed by atoms with van der Waals surface area (Å²) in [5.74, 6) is -0.0641. The Kier molecular flexibility index (Phi) is 14.0. The molecule has 0 radical (unpaired) electrons. The van der Waals surface area contributed by atoms with Gasteiger partial charge in [0.25, 0.3) is 5.91 Å². The van der Waals surface area contributed by atoms with E-state index in [4.69, 9.17) is 0 Å². The van der Waals surface area contributed by atoms with Crippen LogP contribution in [0.2, 0.25) is 0 Å². The second-order valence-electron chi connectivity index (χ2n) is 10.8. The fourth-order valence-electron chi connectivity index (χ4n) is 2.65. The van der Waals surface area contributed by atoms with Crippen LogP contribution < -0.4 is 5.32 Å². The van der Waals surface area contributed by atoms with E-state index < -0.39 is 0 Å². The van der Waals surface area contributed by atoms with Crippen LogP contribution >= 0.6 is 62.1 Å². The Hall–Kier alpha value is -2.27. The van der Waals surface area contributed by atoms with E-state index in [9.17, 15) is 9.59 Å². The van der Waals surface area contributed by atoms with Crippen LogP contribution in [0.4, 0.5) is 0 Å². The van der Waals surface area contributed by atoms with Gasteiger partial charge in [-0.1, -0.05) is 58.9 Å². The summed E-state index contributed by atoms with van der Waals surface area (Å²) in [7, 11) is 0. The summed E-state index contributed by atoms with van der Waals surface area (Å²) in [6, 6.07) is 16.7. The number of aliphatic imine (C=N–C) groups is 1. The van der Waals surface area contributed by atoms with Gasteiger partial charge in [-0.15, -0.1) is 22.7 Å². The van der Waals surface area contributed by atoms with Gasteiger partial charge in [0.2, 0.25) is 6.08 Å². The Labute approximate surface area is 268 Å². The molecule has 1 N–H and O–H groups in total. The molecule has 0 atom stereocenters. The minimum atomic E-state index is -0.248. The van der Waals surface area contributed by atoms with E-state index in [0.29, 0.717) is 4.88 Å². The molecule has 0 aliphatic heterocycles. The van der Waals surface area contributed by atoms with Gasteiger partial charge in [-0.05, 0) is 95.6 Å². The third-order valence-corrected chi connectivity index (χ3v) is 9.12. The van der Waals surface area contributed by atoms with Crippen LogP contribution in [0.1, 0.15) is 62.3 Å². The molecule has 0 saturated heterocycles. The Morgan fingerprint density at radius 3 is 1.66 bits per heavy atom. The second-order valence-corrected chi connectivity index (χ2v) is 16.9. The monoisotopic (exact) mass is 690 g/mol. The molecule has 1 amide bonds. The third-order valence-electron chi connectivity index (χ3n) is 4.49. The molecule has 0 saturated carbocycles. The summed E-state index contributed by atoms with van der Waals surface area (Å²) in [4.78, 5) is 36.6. The van der Waals surface area contributed by atoms with Gasteiger partial charge in [-0.25, -0.2) is 19.8 Å². The van der Waals surface area contributed by atoms with Crippen molar-refractivity contribution in [3.05, 3.63) is 80.7 Å². The number of nitrogens with zero attached hydrogens (tertiary/aromatic N) is 3. The molecular weight excluding hydrogens is 657 g/mol. The van der Waals surface area contributed by atoms with Crippen molar-refractivity contribution in [2.24, 2.45) is 4.99 Å². The Balaban J connectivity index is 0.000000242. The number of carbonyl (C=O) groups excluding carboxylic acids is 2. The topological polar surface area (TPSA) is 84.3 Å². The highest BCUT2D eigenvalue weighted by Gasteiger charge is 2.17. The fourth-order valence-corrected chi connectivity index (χ4v) is 7.06. The highest BCUT2D eigenvalue weighted by Crippen LogP contribution is 2.33. The maximum Gasteiger partial charge on any atom is 0.263 e. The van der Waals surface area contributed by atoms with Crippen LogP contribution in [0.3, 0.4) is 0 Å². The summed E-state index contributed by atoms with van der Waals surface area (Å²) < 4.78 is 3.03. The van der Waals surface area contributed by atoms with Crippen molar-refractivity contribution in [2.75, 3.05) is 0 Å². The van der Waals surface area contributed by atoms with Crippen molar-refractivity contribution < 1.29 is 9.59 Å². The largest absolute Gasteiger partial charge is 0.347 e. The number of thiazole rings is 2. The van der Waals surface area contributed by atoms with Crippen LogP contribution in [0.5, 0.6) is 0 Å². The fraction of sp³-hybridized carbons (Fsp3) is 0.333. The third kappa shape index (κ3) is 15.0. The first-order chi connectivity index (χ1) is 19.1. The van der Waals surface area contributed by atoms with E-state index in [1.165, 1.54) is 33.4 Å². The number of carbonyl (C=O) groups is 1. The van der Waals surface area contributed by atoms with Crippen LogP contribution in [-0.4, -0.2) is 33.0 Å². The number of halogens is 1. The van der Waals surface area contributed by atoms with Crippen LogP contribution in [0.15, 0.2) is 88.2 Å². The molecule has 2 heterocycles. The zero-order valence-corrected chi connectivity index (χ0v) is 29.3. The standard InChI is InChI=1S/C15H18N2OS2.C10H8BrNS2.C5H9NO/c1-10-5-7-11(8-6-10)19-14-16-9-12(20-14)13(18)17-15(2,3)4;1-7-2-4-8(5-3-7)13-10-12-6-9(11)14-10;1-5(2,3)6-4-7/h5-9H,1-4H3,(H,17,18);2-6H,1H3;1-3H3. The molecule has 2 aromatic carbocycles. The maximum atomic E-state index is 12.0. The highest BCUT2D eigenvalue weighted by molar-refractivity contribution is 9.11. The number of amides is 1. The Bertz CT molecular complexity index is 1430. The van der Waals surface area contributed by atoms with Gasteiger partial charge in [-0.3, -0.25) is 4.79 Å². The van der Waals surface area contributed by atoms with E-state index in [1.807, 2.05) is 47.7 Å². The second kappa shape index (κ2) is 16.4. The molecule has 4 aromatic rings. The zero-order valence-electron chi connectivity index (χ0n) is 24.4.